The first-order valence-corrected chi connectivity index (χ1v) is 8.65. The molecule has 3 nitrogen and oxygen atoms in total. The first-order valence-electron chi connectivity index (χ1n) is 8.65. The van der Waals surface area contributed by atoms with E-state index in [1.807, 2.05) is 0 Å². The highest BCUT2D eigenvalue weighted by atomic mass is 16.3. The SMILES string of the molecule is CCCCCN(CCCC(CC)(CO)NCC)C(C)C. The van der Waals surface area contributed by atoms with Crippen molar-refractivity contribution in [3.8, 4) is 0 Å². The van der Waals surface area contributed by atoms with Crippen molar-refractivity contribution >= 4 is 0 Å². The predicted molar refractivity (Wildman–Crippen MR) is 89.3 cm³/mol. The molecule has 0 rings (SSSR count). The molecule has 0 saturated heterocycles. The summed E-state index contributed by atoms with van der Waals surface area (Å²) in [7, 11) is 0. The van der Waals surface area contributed by atoms with Crippen LogP contribution in [0.1, 0.15) is 73.1 Å². The number of nitrogens with one attached hydrogen (secondary N) is 1. The van der Waals surface area contributed by atoms with Gasteiger partial charge in [0.2, 0.25) is 0 Å². The van der Waals surface area contributed by atoms with E-state index in [4.69, 9.17) is 0 Å². The molecule has 122 valence electrons. The quantitative estimate of drug-likeness (QED) is 0.509. The minimum Gasteiger partial charge on any atom is -0.394 e. The minimum absolute atomic E-state index is 0.0686. The number of unbranched alkanes of at least 4 members (excludes halogenated alkanes) is 2. The van der Waals surface area contributed by atoms with Crippen LogP contribution in [0.15, 0.2) is 0 Å². The first-order chi connectivity index (χ1) is 9.55. The van der Waals surface area contributed by atoms with E-state index in [1.165, 1.54) is 25.8 Å². The van der Waals surface area contributed by atoms with Gasteiger partial charge in [0.1, 0.15) is 0 Å². The van der Waals surface area contributed by atoms with E-state index in [0.29, 0.717) is 6.04 Å². The zero-order chi connectivity index (χ0) is 15.4. The van der Waals surface area contributed by atoms with Crippen LogP contribution < -0.4 is 5.32 Å². The lowest BCUT2D eigenvalue weighted by Crippen LogP contribution is -2.48. The molecule has 2 N–H and O–H groups in total. The standard InChI is InChI=1S/C17H38N2O/c1-6-9-10-13-19(16(4)5)14-11-12-17(7-2,15-20)18-8-3/h16,18,20H,6-15H2,1-5H3. The van der Waals surface area contributed by atoms with Gasteiger partial charge in [-0.15, -0.1) is 0 Å². The molecule has 20 heavy (non-hydrogen) atoms. The van der Waals surface area contributed by atoms with Crippen molar-refractivity contribution in [3.63, 3.8) is 0 Å². The van der Waals surface area contributed by atoms with E-state index < -0.39 is 0 Å². The van der Waals surface area contributed by atoms with Gasteiger partial charge in [0, 0.05) is 11.6 Å². The fraction of sp³-hybridized carbons (Fsp3) is 1.00. The fourth-order valence-corrected chi connectivity index (χ4v) is 2.83. The first kappa shape index (κ1) is 19.9. The van der Waals surface area contributed by atoms with Crippen molar-refractivity contribution in [2.75, 3.05) is 26.2 Å². The van der Waals surface area contributed by atoms with Gasteiger partial charge in [-0.1, -0.05) is 33.6 Å². The molecule has 0 bridgehead atoms. The van der Waals surface area contributed by atoms with Gasteiger partial charge in [0.25, 0.3) is 0 Å². The Morgan fingerprint density at radius 2 is 1.70 bits per heavy atom. The molecule has 0 aliphatic carbocycles. The summed E-state index contributed by atoms with van der Waals surface area (Å²) < 4.78 is 0. The van der Waals surface area contributed by atoms with E-state index in [9.17, 15) is 5.11 Å². The van der Waals surface area contributed by atoms with Crippen LogP contribution in [-0.4, -0.2) is 47.8 Å². The van der Waals surface area contributed by atoms with Crippen LogP contribution in [0.2, 0.25) is 0 Å². The van der Waals surface area contributed by atoms with Crippen molar-refractivity contribution in [2.24, 2.45) is 0 Å². The van der Waals surface area contributed by atoms with E-state index in [2.05, 4.69) is 44.8 Å². The number of hydrogen-bond donors (Lipinski definition) is 2. The van der Waals surface area contributed by atoms with Gasteiger partial charge >= 0.3 is 0 Å². The molecular weight excluding hydrogens is 248 g/mol. The molecule has 0 aromatic heterocycles. The lowest BCUT2D eigenvalue weighted by atomic mass is 9.91. The lowest BCUT2D eigenvalue weighted by Gasteiger charge is -2.33. The fourth-order valence-electron chi connectivity index (χ4n) is 2.83. The number of aliphatic hydroxyl groups is 1. The molecule has 0 saturated carbocycles. The monoisotopic (exact) mass is 286 g/mol. The van der Waals surface area contributed by atoms with Gasteiger partial charge in [-0.3, -0.25) is 0 Å². The molecule has 0 aromatic carbocycles. The number of nitrogens with zero attached hydrogens (tertiary/aromatic N) is 1. The molecule has 0 aliphatic rings. The lowest BCUT2D eigenvalue weighted by molar-refractivity contribution is 0.135. The Bertz CT molecular complexity index is 215. The summed E-state index contributed by atoms with van der Waals surface area (Å²) in [5.74, 6) is 0. The highest BCUT2D eigenvalue weighted by Crippen LogP contribution is 2.18. The highest BCUT2D eigenvalue weighted by Gasteiger charge is 2.25. The second-order valence-electron chi connectivity index (χ2n) is 6.26. The summed E-state index contributed by atoms with van der Waals surface area (Å²) in [4.78, 5) is 2.58. The van der Waals surface area contributed by atoms with E-state index in [-0.39, 0.29) is 12.1 Å². The molecular formula is C17H38N2O. The van der Waals surface area contributed by atoms with E-state index in [0.717, 1.165) is 32.4 Å². The van der Waals surface area contributed by atoms with Crippen molar-refractivity contribution in [3.05, 3.63) is 0 Å². The average molecular weight is 287 g/mol. The van der Waals surface area contributed by atoms with Crippen molar-refractivity contribution in [1.82, 2.24) is 10.2 Å². The molecule has 0 radical (unpaired) electrons. The van der Waals surface area contributed by atoms with Crippen LogP contribution in [0.5, 0.6) is 0 Å². The Labute approximate surface area is 127 Å². The zero-order valence-corrected chi connectivity index (χ0v) is 14.5. The zero-order valence-electron chi connectivity index (χ0n) is 14.5. The molecule has 0 fully saturated rings. The summed E-state index contributed by atoms with van der Waals surface area (Å²) >= 11 is 0. The summed E-state index contributed by atoms with van der Waals surface area (Å²) in [6, 6.07) is 0.621. The molecule has 1 atom stereocenters. The molecule has 1 unspecified atom stereocenters. The number of rotatable bonds is 13. The number of hydrogen-bond acceptors (Lipinski definition) is 3. The number of aliphatic hydroxyl groups excluding tert-OH is 1. The summed E-state index contributed by atoms with van der Waals surface area (Å²) in [5, 5.41) is 13.2. The third kappa shape index (κ3) is 7.61. The summed E-state index contributed by atoms with van der Waals surface area (Å²) in [5.41, 5.74) is -0.0686. The largest absolute Gasteiger partial charge is 0.394 e. The van der Waals surface area contributed by atoms with Gasteiger partial charge in [-0.05, 0) is 59.2 Å². The normalized spacial score (nSPS) is 15.0. The Hall–Kier alpha value is -0.120. The van der Waals surface area contributed by atoms with Crippen LogP contribution in [0.25, 0.3) is 0 Å². The van der Waals surface area contributed by atoms with Crippen LogP contribution in [-0.2, 0) is 0 Å². The Morgan fingerprint density at radius 3 is 2.15 bits per heavy atom. The van der Waals surface area contributed by atoms with Crippen molar-refractivity contribution in [1.29, 1.82) is 0 Å². The minimum atomic E-state index is -0.0686. The third-order valence-electron chi connectivity index (χ3n) is 4.41. The van der Waals surface area contributed by atoms with Gasteiger partial charge < -0.3 is 15.3 Å². The highest BCUT2D eigenvalue weighted by molar-refractivity contribution is 4.86. The van der Waals surface area contributed by atoms with Crippen molar-refractivity contribution < 1.29 is 5.11 Å². The third-order valence-corrected chi connectivity index (χ3v) is 4.41. The molecule has 0 aliphatic heterocycles. The topological polar surface area (TPSA) is 35.5 Å². The van der Waals surface area contributed by atoms with Gasteiger partial charge in [0.05, 0.1) is 6.61 Å². The van der Waals surface area contributed by atoms with Gasteiger partial charge in [-0.25, -0.2) is 0 Å². The Morgan fingerprint density at radius 1 is 1.05 bits per heavy atom. The maximum Gasteiger partial charge on any atom is 0.0613 e. The number of likely N-dealkylation sites (N-methyl/N-ethyl adjacent to an activating group) is 1. The molecule has 0 amide bonds. The maximum atomic E-state index is 9.68. The Kier molecular flexibility index (Phi) is 11.5. The van der Waals surface area contributed by atoms with Crippen LogP contribution in [0.4, 0.5) is 0 Å². The maximum absolute atomic E-state index is 9.68. The predicted octanol–water partition coefficient (Wildman–Crippen LogP) is 3.42. The molecule has 0 heterocycles. The average Bonchev–Trinajstić information content (AvgIpc) is 2.44. The molecule has 0 aromatic rings. The van der Waals surface area contributed by atoms with Gasteiger partial charge in [-0.2, -0.15) is 0 Å². The molecule has 3 heteroatoms. The second kappa shape index (κ2) is 11.5. The Balaban J connectivity index is 4.19. The summed E-state index contributed by atoms with van der Waals surface area (Å²) in [6.07, 6.45) is 7.14. The van der Waals surface area contributed by atoms with Crippen molar-refractivity contribution in [2.45, 2.75) is 84.7 Å². The summed E-state index contributed by atoms with van der Waals surface area (Å²) in [6.45, 7) is 14.6. The second-order valence-corrected chi connectivity index (χ2v) is 6.26. The van der Waals surface area contributed by atoms with E-state index in [1.54, 1.807) is 0 Å². The molecule has 0 spiro atoms. The van der Waals surface area contributed by atoms with Crippen LogP contribution in [0.3, 0.4) is 0 Å². The smallest absolute Gasteiger partial charge is 0.0613 e. The van der Waals surface area contributed by atoms with Gasteiger partial charge in [0.15, 0.2) is 0 Å². The van der Waals surface area contributed by atoms with E-state index >= 15 is 0 Å². The van der Waals surface area contributed by atoms with Crippen LogP contribution >= 0.6 is 0 Å². The van der Waals surface area contributed by atoms with Crippen LogP contribution in [0, 0.1) is 0 Å².